The van der Waals surface area contributed by atoms with E-state index in [-0.39, 0.29) is 0 Å². The second-order valence-electron chi connectivity index (χ2n) is 4.67. The molecule has 5 heteroatoms. The zero-order valence-electron chi connectivity index (χ0n) is 12.0. The number of aromatic nitrogens is 2. The van der Waals surface area contributed by atoms with E-state index in [2.05, 4.69) is 20.2 Å². The summed E-state index contributed by atoms with van der Waals surface area (Å²) in [6.45, 7) is 5.51. The number of hydrogen-bond acceptors (Lipinski definition) is 4. The van der Waals surface area contributed by atoms with E-state index in [1.807, 2.05) is 51.2 Å². The quantitative estimate of drug-likeness (QED) is 0.915. The largest absolute Gasteiger partial charge is 0.355 e. The highest BCUT2D eigenvalue weighted by Gasteiger charge is 2.08. The number of halogens is 1. The van der Waals surface area contributed by atoms with Crippen molar-refractivity contribution in [3.8, 4) is 0 Å². The van der Waals surface area contributed by atoms with Crippen LogP contribution in [0.25, 0.3) is 0 Å². The van der Waals surface area contributed by atoms with Crippen LogP contribution < -0.4 is 10.2 Å². The van der Waals surface area contributed by atoms with Gasteiger partial charge in [0.15, 0.2) is 0 Å². The van der Waals surface area contributed by atoms with E-state index in [0.717, 1.165) is 28.6 Å². The van der Waals surface area contributed by atoms with Crippen molar-refractivity contribution in [1.29, 1.82) is 0 Å². The normalized spacial score (nSPS) is 10.4. The molecule has 1 aromatic carbocycles. The van der Waals surface area contributed by atoms with Crippen LogP contribution in [0, 0.1) is 6.92 Å². The van der Waals surface area contributed by atoms with Gasteiger partial charge in [-0.1, -0.05) is 29.8 Å². The molecular weight excluding hydrogens is 272 g/mol. The van der Waals surface area contributed by atoms with Crippen molar-refractivity contribution in [2.24, 2.45) is 0 Å². The smallest absolute Gasteiger partial charge is 0.224 e. The highest BCUT2D eigenvalue weighted by atomic mass is 35.5. The van der Waals surface area contributed by atoms with Crippen LogP contribution >= 0.6 is 11.6 Å². The van der Waals surface area contributed by atoms with Crippen LogP contribution in [-0.4, -0.2) is 23.6 Å². The average molecular weight is 291 g/mol. The predicted molar refractivity (Wildman–Crippen MR) is 84.5 cm³/mol. The molecule has 1 heterocycles. The molecule has 20 heavy (non-hydrogen) atoms. The summed E-state index contributed by atoms with van der Waals surface area (Å²) in [5, 5.41) is 3.92. The van der Waals surface area contributed by atoms with E-state index in [1.165, 1.54) is 0 Å². The Hall–Kier alpha value is -1.81. The molecule has 2 rings (SSSR count). The number of aryl methyl sites for hydroxylation is 1. The fraction of sp³-hybridized carbons (Fsp3) is 0.333. The van der Waals surface area contributed by atoms with Gasteiger partial charge in [-0.2, -0.15) is 4.98 Å². The maximum Gasteiger partial charge on any atom is 0.224 e. The van der Waals surface area contributed by atoms with Crippen LogP contribution in [0.4, 0.5) is 11.8 Å². The minimum atomic E-state index is 0.661. The van der Waals surface area contributed by atoms with Gasteiger partial charge in [0.1, 0.15) is 5.82 Å². The van der Waals surface area contributed by atoms with Crippen molar-refractivity contribution >= 4 is 23.4 Å². The third-order valence-electron chi connectivity index (χ3n) is 2.93. The van der Waals surface area contributed by atoms with Gasteiger partial charge in [0, 0.05) is 36.9 Å². The first kappa shape index (κ1) is 14.6. The SMILES string of the molecule is CCNc1nc(C)cc(N(C)Cc2ccccc2Cl)n1. The first-order chi connectivity index (χ1) is 9.60. The molecule has 0 spiro atoms. The van der Waals surface area contributed by atoms with E-state index in [4.69, 9.17) is 11.6 Å². The van der Waals surface area contributed by atoms with Gasteiger partial charge < -0.3 is 10.2 Å². The van der Waals surface area contributed by atoms with Crippen LogP contribution in [0.2, 0.25) is 5.02 Å². The van der Waals surface area contributed by atoms with Crippen molar-refractivity contribution < 1.29 is 0 Å². The number of benzene rings is 1. The van der Waals surface area contributed by atoms with Gasteiger partial charge in [-0.25, -0.2) is 4.98 Å². The van der Waals surface area contributed by atoms with Gasteiger partial charge in [0.2, 0.25) is 5.95 Å². The topological polar surface area (TPSA) is 41.1 Å². The molecule has 1 aromatic heterocycles. The summed E-state index contributed by atoms with van der Waals surface area (Å²) in [5.41, 5.74) is 2.02. The Balaban J connectivity index is 2.20. The molecule has 0 amide bonds. The van der Waals surface area contributed by atoms with Gasteiger partial charge in [0.05, 0.1) is 0 Å². The van der Waals surface area contributed by atoms with E-state index in [0.29, 0.717) is 12.5 Å². The van der Waals surface area contributed by atoms with Crippen molar-refractivity contribution in [3.05, 3.63) is 46.6 Å². The molecule has 0 bridgehead atoms. The molecule has 0 aliphatic heterocycles. The van der Waals surface area contributed by atoms with Gasteiger partial charge >= 0.3 is 0 Å². The van der Waals surface area contributed by atoms with Gasteiger partial charge in [-0.3, -0.25) is 0 Å². The van der Waals surface area contributed by atoms with Gasteiger partial charge in [0.25, 0.3) is 0 Å². The maximum absolute atomic E-state index is 6.20. The second-order valence-corrected chi connectivity index (χ2v) is 5.08. The summed E-state index contributed by atoms with van der Waals surface area (Å²) in [6.07, 6.45) is 0. The summed E-state index contributed by atoms with van der Waals surface area (Å²) < 4.78 is 0. The van der Waals surface area contributed by atoms with Gasteiger partial charge in [-0.15, -0.1) is 0 Å². The number of hydrogen-bond donors (Lipinski definition) is 1. The third kappa shape index (κ3) is 3.61. The fourth-order valence-electron chi connectivity index (χ4n) is 1.95. The zero-order valence-corrected chi connectivity index (χ0v) is 12.8. The lowest BCUT2D eigenvalue weighted by molar-refractivity contribution is 0.885. The third-order valence-corrected chi connectivity index (χ3v) is 3.30. The molecule has 0 atom stereocenters. The van der Waals surface area contributed by atoms with Crippen LogP contribution in [0.15, 0.2) is 30.3 Å². The summed E-state index contributed by atoms with van der Waals surface area (Å²) in [6, 6.07) is 9.82. The maximum atomic E-state index is 6.20. The van der Waals surface area contributed by atoms with Crippen molar-refractivity contribution in [2.75, 3.05) is 23.8 Å². The minimum Gasteiger partial charge on any atom is -0.355 e. The van der Waals surface area contributed by atoms with Crippen LogP contribution in [0.3, 0.4) is 0 Å². The number of anilines is 2. The second kappa shape index (κ2) is 6.57. The Labute approximate surface area is 124 Å². The average Bonchev–Trinajstić information content (AvgIpc) is 2.41. The van der Waals surface area contributed by atoms with Gasteiger partial charge in [-0.05, 0) is 25.5 Å². The zero-order chi connectivity index (χ0) is 14.5. The lowest BCUT2D eigenvalue weighted by atomic mass is 10.2. The lowest BCUT2D eigenvalue weighted by Crippen LogP contribution is -2.19. The molecule has 0 aliphatic carbocycles. The molecule has 0 aliphatic rings. The first-order valence-corrected chi connectivity index (χ1v) is 7.02. The summed E-state index contributed by atoms with van der Waals surface area (Å²) in [5.74, 6) is 1.54. The molecule has 0 saturated heterocycles. The number of nitrogens with one attached hydrogen (secondary N) is 1. The number of rotatable bonds is 5. The molecule has 1 N–H and O–H groups in total. The Bertz CT molecular complexity index is 586. The lowest BCUT2D eigenvalue weighted by Gasteiger charge is -2.20. The molecule has 106 valence electrons. The molecule has 0 fully saturated rings. The van der Waals surface area contributed by atoms with Crippen LogP contribution in [-0.2, 0) is 6.54 Å². The summed E-state index contributed by atoms with van der Waals surface area (Å²) in [7, 11) is 2.00. The van der Waals surface area contributed by atoms with E-state index in [9.17, 15) is 0 Å². The van der Waals surface area contributed by atoms with E-state index >= 15 is 0 Å². The molecule has 0 radical (unpaired) electrons. The molecule has 4 nitrogen and oxygen atoms in total. The first-order valence-electron chi connectivity index (χ1n) is 6.64. The van der Waals surface area contributed by atoms with Crippen molar-refractivity contribution in [1.82, 2.24) is 9.97 Å². The number of nitrogens with zero attached hydrogens (tertiary/aromatic N) is 3. The van der Waals surface area contributed by atoms with Crippen molar-refractivity contribution in [3.63, 3.8) is 0 Å². The Kier molecular flexibility index (Phi) is 4.79. The highest BCUT2D eigenvalue weighted by Crippen LogP contribution is 2.20. The highest BCUT2D eigenvalue weighted by molar-refractivity contribution is 6.31. The minimum absolute atomic E-state index is 0.661. The molecule has 0 saturated carbocycles. The van der Waals surface area contributed by atoms with Crippen LogP contribution in [0.5, 0.6) is 0 Å². The Morgan fingerprint density at radius 1 is 1.25 bits per heavy atom. The Morgan fingerprint density at radius 3 is 2.70 bits per heavy atom. The monoisotopic (exact) mass is 290 g/mol. The molecule has 2 aromatic rings. The van der Waals surface area contributed by atoms with E-state index < -0.39 is 0 Å². The predicted octanol–water partition coefficient (Wildman–Crippen LogP) is 3.51. The van der Waals surface area contributed by atoms with E-state index in [1.54, 1.807) is 0 Å². The summed E-state index contributed by atoms with van der Waals surface area (Å²) >= 11 is 6.20. The standard InChI is InChI=1S/C15H19ClN4/c1-4-17-15-18-11(2)9-14(19-15)20(3)10-12-7-5-6-8-13(12)16/h5-9H,4,10H2,1-3H3,(H,17,18,19). The molecule has 0 unspecified atom stereocenters. The summed E-state index contributed by atoms with van der Waals surface area (Å²) in [4.78, 5) is 10.9. The molecular formula is C15H19ClN4. The van der Waals surface area contributed by atoms with Crippen LogP contribution in [0.1, 0.15) is 18.2 Å². The fourth-order valence-corrected chi connectivity index (χ4v) is 2.14. The van der Waals surface area contributed by atoms with Crippen molar-refractivity contribution in [2.45, 2.75) is 20.4 Å². The Morgan fingerprint density at radius 2 is 2.00 bits per heavy atom.